The van der Waals surface area contributed by atoms with Gasteiger partial charge in [-0.1, -0.05) is 12.1 Å². The lowest BCUT2D eigenvalue weighted by Crippen LogP contribution is -2.22. The van der Waals surface area contributed by atoms with Gasteiger partial charge >= 0.3 is 0 Å². The zero-order chi connectivity index (χ0) is 17.1. The molecule has 1 N–H and O–H groups in total. The third kappa shape index (κ3) is 3.34. The third-order valence-electron chi connectivity index (χ3n) is 3.56. The number of benzene rings is 1. The summed E-state index contributed by atoms with van der Waals surface area (Å²) >= 11 is 0. The molecule has 0 aliphatic heterocycles. The molecular weight excluding hydrogens is 322 g/mol. The molecule has 0 saturated carbocycles. The maximum absolute atomic E-state index is 12.2. The highest BCUT2D eigenvalue weighted by Gasteiger charge is 2.09. The van der Waals surface area contributed by atoms with Crippen LogP contribution in [0, 0.1) is 0 Å². The highest BCUT2D eigenvalue weighted by atomic mass is 16.3. The summed E-state index contributed by atoms with van der Waals surface area (Å²) in [7, 11) is 0. The molecule has 4 aromatic rings. The monoisotopic (exact) mass is 335 g/mol. The van der Waals surface area contributed by atoms with Gasteiger partial charge in [0.2, 0.25) is 5.89 Å². The number of oxazole rings is 1. The SMILES string of the molecule is O=C(NCc1nc2ncccc2o1)c1ccc(Cn2cnnn2)cc1. The Morgan fingerprint density at radius 1 is 1.20 bits per heavy atom. The van der Waals surface area contributed by atoms with E-state index in [0.717, 1.165) is 5.56 Å². The van der Waals surface area contributed by atoms with E-state index in [9.17, 15) is 4.79 Å². The molecule has 0 fully saturated rings. The molecule has 0 aliphatic carbocycles. The van der Waals surface area contributed by atoms with Gasteiger partial charge in [-0.2, -0.15) is 4.98 Å². The molecule has 0 saturated heterocycles. The Balaban J connectivity index is 1.38. The zero-order valence-corrected chi connectivity index (χ0v) is 13.0. The van der Waals surface area contributed by atoms with Crippen LogP contribution in [0.4, 0.5) is 0 Å². The second-order valence-electron chi connectivity index (χ2n) is 5.32. The Bertz CT molecular complexity index is 960. The van der Waals surface area contributed by atoms with Crippen LogP contribution in [0.25, 0.3) is 11.2 Å². The fraction of sp³-hybridized carbons (Fsp3) is 0.125. The molecule has 0 atom stereocenters. The Hall–Kier alpha value is -3.62. The quantitative estimate of drug-likeness (QED) is 0.583. The summed E-state index contributed by atoms with van der Waals surface area (Å²) in [6.45, 7) is 0.742. The second kappa shape index (κ2) is 6.48. The van der Waals surface area contributed by atoms with Crippen LogP contribution in [-0.4, -0.2) is 36.1 Å². The van der Waals surface area contributed by atoms with Crippen molar-refractivity contribution in [3.8, 4) is 0 Å². The Labute approximate surface area is 141 Å². The third-order valence-corrected chi connectivity index (χ3v) is 3.56. The summed E-state index contributed by atoms with van der Waals surface area (Å²) in [6.07, 6.45) is 3.18. The highest BCUT2D eigenvalue weighted by molar-refractivity contribution is 5.94. The molecule has 0 unspecified atom stereocenters. The van der Waals surface area contributed by atoms with Crippen molar-refractivity contribution in [1.29, 1.82) is 0 Å². The van der Waals surface area contributed by atoms with Gasteiger partial charge in [-0.25, -0.2) is 9.67 Å². The van der Waals surface area contributed by atoms with Crippen molar-refractivity contribution < 1.29 is 9.21 Å². The number of carbonyl (C=O) groups is 1. The molecule has 0 aliphatic rings. The highest BCUT2D eigenvalue weighted by Crippen LogP contribution is 2.12. The molecule has 0 bridgehead atoms. The van der Waals surface area contributed by atoms with Crippen LogP contribution in [0.3, 0.4) is 0 Å². The summed E-state index contributed by atoms with van der Waals surface area (Å²) in [5, 5.41) is 13.7. The predicted molar refractivity (Wildman–Crippen MR) is 86.3 cm³/mol. The number of carbonyl (C=O) groups excluding carboxylic acids is 1. The molecule has 4 rings (SSSR count). The van der Waals surface area contributed by atoms with E-state index < -0.39 is 0 Å². The van der Waals surface area contributed by atoms with E-state index in [1.54, 1.807) is 35.1 Å². The van der Waals surface area contributed by atoms with E-state index in [-0.39, 0.29) is 12.5 Å². The van der Waals surface area contributed by atoms with Crippen LogP contribution >= 0.6 is 0 Å². The summed E-state index contributed by atoms with van der Waals surface area (Å²) in [6, 6.07) is 10.8. The van der Waals surface area contributed by atoms with Gasteiger partial charge in [-0.05, 0) is 40.3 Å². The number of tetrazole rings is 1. The number of fused-ring (bicyclic) bond motifs is 1. The van der Waals surface area contributed by atoms with Gasteiger partial charge in [0.1, 0.15) is 6.33 Å². The van der Waals surface area contributed by atoms with E-state index in [1.807, 2.05) is 12.1 Å². The number of aromatic nitrogens is 6. The molecule has 1 amide bonds. The van der Waals surface area contributed by atoms with E-state index in [0.29, 0.717) is 29.2 Å². The van der Waals surface area contributed by atoms with Crippen LogP contribution in [0.5, 0.6) is 0 Å². The summed E-state index contributed by atoms with van der Waals surface area (Å²) in [5.74, 6) is 0.210. The predicted octanol–water partition coefficient (Wildman–Crippen LogP) is 1.19. The molecule has 25 heavy (non-hydrogen) atoms. The van der Waals surface area contributed by atoms with Gasteiger partial charge in [0.15, 0.2) is 11.2 Å². The lowest BCUT2D eigenvalue weighted by molar-refractivity contribution is 0.0947. The minimum atomic E-state index is -0.204. The number of amides is 1. The van der Waals surface area contributed by atoms with Crippen LogP contribution in [-0.2, 0) is 13.1 Å². The van der Waals surface area contributed by atoms with E-state index in [1.165, 1.54) is 6.33 Å². The molecule has 9 heteroatoms. The molecule has 0 radical (unpaired) electrons. The van der Waals surface area contributed by atoms with Gasteiger partial charge in [0.05, 0.1) is 13.1 Å². The summed E-state index contributed by atoms with van der Waals surface area (Å²) < 4.78 is 7.13. The minimum absolute atomic E-state index is 0.196. The van der Waals surface area contributed by atoms with Crippen LogP contribution < -0.4 is 5.32 Å². The Morgan fingerprint density at radius 2 is 2.08 bits per heavy atom. The second-order valence-corrected chi connectivity index (χ2v) is 5.32. The average molecular weight is 335 g/mol. The molecular formula is C16H13N7O2. The first kappa shape index (κ1) is 14.9. The lowest BCUT2D eigenvalue weighted by atomic mass is 10.1. The van der Waals surface area contributed by atoms with Gasteiger partial charge < -0.3 is 9.73 Å². The van der Waals surface area contributed by atoms with Gasteiger partial charge in [-0.15, -0.1) is 5.10 Å². The van der Waals surface area contributed by atoms with Crippen LogP contribution in [0.2, 0.25) is 0 Å². The number of hydrogen-bond acceptors (Lipinski definition) is 7. The Kier molecular flexibility index (Phi) is 3.87. The zero-order valence-electron chi connectivity index (χ0n) is 13.0. The molecule has 124 valence electrons. The van der Waals surface area contributed by atoms with Crippen molar-refractivity contribution in [1.82, 2.24) is 35.5 Å². The molecule has 3 aromatic heterocycles. The minimum Gasteiger partial charge on any atom is -0.437 e. The number of nitrogens with one attached hydrogen (secondary N) is 1. The molecule has 9 nitrogen and oxygen atoms in total. The van der Waals surface area contributed by atoms with Gasteiger partial charge in [0.25, 0.3) is 5.91 Å². The largest absolute Gasteiger partial charge is 0.437 e. The molecule has 0 spiro atoms. The van der Waals surface area contributed by atoms with Gasteiger partial charge in [-0.3, -0.25) is 4.79 Å². The number of nitrogens with zero attached hydrogens (tertiary/aromatic N) is 6. The maximum Gasteiger partial charge on any atom is 0.251 e. The normalized spacial score (nSPS) is 10.9. The van der Waals surface area contributed by atoms with Crippen molar-refractivity contribution in [2.24, 2.45) is 0 Å². The molecule has 3 heterocycles. The van der Waals surface area contributed by atoms with Crippen molar-refractivity contribution >= 4 is 17.1 Å². The van der Waals surface area contributed by atoms with E-state index in [4.69, 9.17) is 4.42 Å². The fourth-order valence-corrected chi connectivity index (χ4v) is 2.35. The Morgan fingerprint density at radius 3 is 2.84 bits per heavy atom. The topological polar surface area (TPSA) is 112 Å². The maximum atomic E-state index is 12.2. The fourth-order valence-electron chi connectivity index (χ4n) is 2.35. The number of hydrogen-bond donors (Lipinski definition) is 1. The first-order chi connectivity index (χ1) is 12.3. The lowest BCUT2D eigenvalue weighted by Gasteiger charge is -2.04. The molecule has 1 aromatic carbocycles. The van der Waals surface area contributed by atoms with E-state index >= 15 is 0 Å². The number of rotatable bonds is 5. The summed E-state index contributed by atoms with van der Waals surface area (Å²) in [5.41, 5.74) is 2.67. The van der Waals surface area contributed by atoms with Crippen molar-refractivity contribution in [2.45, 2.75) is 13.1 Å². The van der Waals surface area contributed by atoms with Crippen molar-refractivity contribution in [3.63, 3.8) is 0 Å². The van der Waals surface area contributed by atoms with Crippen molar-refractivity contribution in [3.05, 3.63) is 65.9 Å². The van der Waals surface area contributed by atoms with E-state index in [2.05, 4.69) is 30.8 Å². The van der Waals surface area contributed by atoms with Gasteiger partial charge in [0, 0.05) is 11.8 Å². The average Bonchev–Trinajstić information content (AvgIpc) is 3.29. The van der Waals surface area contributed by atoms with Crippen LogP contribution in [0.15, 0.2) is 53.3 Å². The standard InChI is InChI=1S/C16H13N7O2/c24-16(18-8-14-20-15-13(25-14)2-1-7-17-15)12-5-3-11(4-6-12)9-23-10-19-21-22-23/h1-7,10H,8-9H2,(H,18,24). The first-order valence-corrected chi connectivity index (χ1v) is 7.56. The first-order valence-electron chi connectivity index (χ1n) is 7.56. The van der Waals surface area contributed by atoms with Crippen molar-refractivity contribution in [2.75, 3.05) is 0 Å². The van der Waals surface area contributed by atoms with Crippen LogP contribution in [0.1, 0.15) is 21.8 Å². The smallest absolute Gasteiger partial charge is 0.251 e. The number of pyridine rings is 1. The summed E-state index contributed by atoms with van der Waals surface area (Å²) in [4.78, 5) is 20.5.